The lowest BCUT2D eigenvalue weighted by molar-refractivity contribution is -0.115. The largest absolute Gasteiger partial charge is 0.326 e. The minimum Gasteiger partial charge on any atom is -0.326 e. The highest BCUT2D eigenvalue weighted by Gasteiger charge is 2.13. The summed E-state index contributed by atoms with van der Waals surface area (Å²) in [4.78, 5) is 12.4. The highest BCUT2D eigenvalue weighted by Crippen LogP contribution is 2.21. The predicted molar refractivity (Wildman–Crippen MR) is 98.8 cm³/mol. The van der Waals surface area contributed by atoms with Gasteiger partial charge in [-0.2, -0.15) is 0 Å². The first-order chi connectivity index (χ1) is 11.8. The number of fused-ring (bicyclic) bond motifs is 1. The first kappa shape index (κ1) is 17.1. The molecule has 0 bridgehead atoms. The summed E-state index contributed by atoms with van der Waals surface area (Å²) in [5.41, 5.74) is 1.85. The standard InChI is InChI=1S/C19H18N2O3S/c1-13-9-10-16(12-18(13)25(20,23)24)21-19(22)11-15-7-4-6-14-5-2-3-8-17(14)15/h2-10,12H,11H2,1H3,(H,21,22)(H2,20,23,24). The van der Waals surface area contributed by atoms with Crippen LogP contribution >= 0.6 is 0 Å². The topological polar surface area (TPSA) is 89.3 Å². The van der Waals surface area contributed by atoms with Crippen molar-refractivity contribution in [2.75, 3.05) is 5.32 Å². The Morgan fingerprint density at radius 2 is 1.76 bits per heavy atom. The Balaban J connectivity index is 1.83. The first-order valence-electron chi connectivity index (χ1n) is 7.74. The van der Waals surface area contributed by atoms with Gasteiger partial charge in [-0.3, -0.25) is 4.79 Å². The molecule has 0 aliphatic heterocycles. The molecule has 25 heavy (non-hydrogen) atoms. The lowest BCUT2D eigenvalue weighted by atomic mass is 10.0. The summed E-state index contributed by atoms with van der Waals surface area (Å²) < 4.78 is 23.2. The van der Waals surface area contributed by atoms with Crippen molar-refractivity contribution in [3.63, 3.8) is 0 Å². The molecule has 0 aromatic heterocycles. The Morgan fingerprint density at radius 1 is 1.04 bits per heavy atom. The molecule has 3 N–H and O–H groups in total. The van der Waals surface area contributed by atoms with E-state index in [-0.39, 0.29) is 17.2 Å². The summed E-state index contributed by atoms with van der Waals surface area (Å²) >= 11 is 0. The number of hydrogen-bond acceptors (Lipinski definition) is 3. The van der Waals surface area contributed by atoms with Crippen LogP contribution in [-0.4, -0.2) is 14.3 Å². The van der Waals surface area contributed by atoms with Crippen molar-refractivity contribution >= 4 is 32.4 Å². The number of nitrogens with two attached hydrogens (primary N) is 1. The SMILES string of the molecule is Cc1ccc(NC(=O)Cc2cccc3ccccc23)cc1S(N)(=O)=O. The van der Waals surface area contributed by atoms with Crippen molar-refractivity contribution in [2.45, 2.75) is 18.2 Å². The normalized spacial score (nSPS) is 11.4. The van der Waals surface area contributed by atoms with Crippen molar-refractivity contribution in [1.82, 2.24) is 0 Å². The summed E-state index contributed by atoms with van der Waals surface area (Å²) in [6.07, 6.45) is 0.194. The third-order valence-electron chi connectivity index (χ3n) is 4.01. The number of aryl methyl sites for hydroxylation is 1. The fourth-order valence-electron chi connectivity index (χ4n) is 2.81. The van der Waals surface area contributed by atoms with Gasteiger partial charge in [-0.05, 0) is 41.0 Å². The van der Waals surface area contributed by atoms with Gasteiger partial charge < -0.3 is 5.32 Å². The zero-order valence-corrected chi connectivity index (χ0v) is 14.5. The lowest BCUT2D eigenvalue weighted by Crippen LogP contribution is -2.17. The monoisotopic (exact) mass is 354 g/mol. The van der Waals surface area contributed by atoms with Crippen molar-refractivity contribution in [3.05, 3.63) is 71.8 Å². The molecule has 0 radical (unpaired) electrons. The van der Waals surface area contributed by atoms with Crippen LogP contribution < -0.4 is 10.5 Å². The molecule has 3 aromatic carbocycles. The Labute approximate surface area is 146 Å². The van der Waals surface area contributed by atoms with E-state index in [9.17, 15) is 13.2 Å². The van der Waals surface area contributed by atoms with Crippen LogP contribution in [0.3, 0.4) is 0 Å². The molecule has 0 aliphatic carbocycles. The van der Waals surface area contributed by atoms with Gasteiger partial charge in [0.15, 0.2) is 0 Å². The molecule has 0 fully saturated rings. The maximum Gasteiger partial charge on any atom is 0.238 e. The minimum atomic E-state index is -3.83. The molecule has 3 aromatic rings. The van der Waals surface area contributed by atoms with E-state index >= 15 is 0 Å². The highest BCUT2D eigenvalue weighted by atomic mass is 32.2. The predicted octanol–water partition coefficient (Wildman–Crippen LogP) is 2.98. The molecule has 0 aliphatic rings. The summed E-state index contributed by atoms with van der Waals surface area (Å²) in [5.74, 6) is -0.222. The van der Waals surface area contributed by atoms with Crippen LogP contribution in [0.2, 0.25) is 0 Å². The van der Waals surface area contributed by atoms with Crippen LogP contribution in [0.15, 0.2) is 65.6 Å². The number of primary sulfonamides is 1. The lowest BCUT2D eigenvalue weighted by Gasteiger charge is -2.10. The van der Waals surface area contributed by atoms with Crippen molar-refractivity contribution in [2.24, 2.45) is 5.14 Å². The van der Waals surface area contributed by atoms with Crippen molar-refractivity contribution < 1.29 is 13.2 Å². The van der Waals surface area contributed by atoms with Gasteiger partial charge in [0.25, 0.3) is 0 Å². The fourth-order valence-corrected chi connectivity index (χ4v) is 3.62. The van der Waals surface area contributed by atoms with Gasteiger partial charge in [-0.1, -0.05) is 48.5 Å². The second-order valence-corrected chi connectivity index (χ2v) is 7.42. The zero-order valence-electron chi connectivity index (χ0n) is 13.7. The van der Waals surface area contributed by atoms with E-state index in [0.717, 1.165) is 16.3 Å². The second-order valence-electron chi connectivity index (χ2n) is 5.89. The molecular weight excluding hydrogens is 336 g/mol. The van der Waals surface area contributed by atoms with Crippen LogP contribution in [0, 0.1) is 6.92 Å². The summed E-state index contributed by atoms with van der Waals surface area (Å²) in [6.45, 7) is 1.65. The Morgan fingerprint density at radius 3 is 2.52 bits per heavy atom. The van der Waals surface area contributed by atoms with Gasteiger partial charge in [0.05, 0.1) is 11.3 Å². The number of anilines is 1. The van der Waals surface area contributed by atoms with Crippen LogP contribution in [0.1, 0.15) is 11.1 Å². The number of carbonyl (C=O) groups is 1. The summed E-state index contributed by atoms with van der Waals surface area (Å²) in [6, 6.07) is 18.3. The maximum atomic E-state index is 12.4. The summed E-state index contributed by atoms with van der Waals surface area (Å²) in [5, 5.41) is 10.0. The summed E-state index contributed by atoms with van der Waals surface area (Å²) in [7, 11) is -3.83. The molecule has 6 heteroatoms. The molecule has 1 amide bonds. The third-order valence-corrected chi connectivity index (χ3v) is 5.06. The van der Waals surface area contributed by atoms with Gasteiger partial charge in [-0.15, -0.1) is 0 Å². The van der Waals surface area contributed by atoms with E-state index in [1.165, 1.54) is 6.07 Å². The Bertz CT molecular complexity index is 1050. The molecule has 128 valence electrons. The van der Waals surface area contributed by atoms with Crippen LogP contribution in [0.4, 0.5) is 5.69 Å². The molecular formula is C19H18N2O3S. The smallest absolute Gasteiger partial charge is 0.238 e. The number of nitrogens with one attached hydrogen (secondary N) is 1. The van der Waals surface area contributed by atoms with E-state index in [1.807, 2.05) is 42.5 Å². The molecule has 0 saturated carbocycles. The number of rotatable bonds is 4. The van der Waals surface area contributed by atoms with E-state index in [4.69, 9.17) is 5.14 Å². The number of benzene rings is 3. The fraction of sp³-hybridized carbons (Fsp3) is 0.105. The molecule has 0 atom stereocenters. The van der Waals surface area contributed by atoms with Crippen LogP contribution in [0.5, 0.6) is 0 Å². The maximum absolute atomic E-state index is 12.4. The Hall–Kier alpha value is -2.70. The van der Waals surface area contributed by atoms with E-state index in [0.29, 0.717) is 11.3 Å². The number of hydrogen-bond donors (Lipinski definition) is 2. The molecule has 3 rings (SSSR count). The van der Waals surface area contributed by atoms with Gasteiger partial charge in [0.2, 0.25) is 15.9 Å². The van der Waals surface area contributed by atoms with Gasteiger partial charge in [0, 0.05) is 5.69 Å². The quantitative estimate of drug-likeness (QED) is 0.755. The van der Waals surface area contributed by atoms with Crippen molar-refractivity contribution in [1.29, 1.82) is 0 Å². The molecule has 0 heterocycles. The number of amides is 1. The average molecular weight is 354 g/mol. The van der Waals surface area contributed by atoms with Crippen LogP contribution in [0.25, 0.3) is 10.8 Å². The average Bonchev–Trinajstić information content (AvgIpc) is 2.56. The van der Waals surface area contributed by atoms with Crippen molar-refractivity contribution in [3.8, 4) is 0 Å². The van der Waals surface area contributed by atoms with Gasteiger partial charge >= 0.3 is 0 Å². The zero-order chi connectivity index (χ0) is 18.0. The van der Waals surface area contributed by atoms with E-state index < -0.39 is 10.0 Å². The van der Waals surface area contributed by atoms with Gasteiger partial charge in [0.1, 0.15) is 0 Å². The molecule has 0 saturated heterocycles. The molecule has 0 unspecified atom stereocenters. The van der Waals surface area contributed by atoms with Gasteiger partial charge in [-0.25, -0.2) is 13.6 Å². The third kappa shape index (κ3) is 3.87. The van der Waals surface area contributed by atoms with Crippen LogP contribution in [-0.2, 0) is 21.2 Å². The van der Waals surface area contributed by atoms with E-state index in [1.54, 1.807) is 19.1 Å². The minimum absolute atomic E-state index is 0.00969. The highest BCUT2D eigenvalue weighted by molar-refractivity contribution is 7.89. The van der Waals surface area contributed by atoms with E-state index in [2.05, 4.69) is 5.32 Å². The first-order valence-corrected chi connectivity index (χ1v) is 9.29. The molecule has 0 spiro atoms. The number of carbonyl (C=O) groups excluding carboxylic acids is 1. The number of sulfonamides is 1. The second kappa shape index (κ2) is 6.66. The Kier molecular flexibility index (Phi) is 4.57. The molecule has 5 nitrogen and oxygen atoms in total.